The van der Waals surface area contributed by atoms with E-state index < -0.39 is 6.04 Å². The molecule has 0 saturated carbocycles. The molecule has 3 N–H and O–H groups in total. The van der Waals surface area contributed by atoms with Crippen molar-refractivity contribution in [1.29, 1.82) is 0 Å². The van der Waals surface area contributed by atoms with E-state index in [1.165, 1.54) is 6.20 Å². The second-order valence-electron chi connectivity index (χ2n) is 3.61. The molecule has 0 aliphatic carbocycles. The predicted octanol–water partition coefficient (Wildman–Crippen LogP) is 0.664. The van der Waals surface area contributed by atoms with Gasteiger partial charge < -0.3 is 15.6 Å². The van der Waals surface area contributed by atoms with Gasteiger partial charge in [0.1, 0.15) is 0 Å². The van der Waals surface area contributed by atoms with Gasteiger partial charge in [-0.15, -0.1) is 0 Å². The number of hydrogen-bond donors (Lipinski definition) is 2. The number of nitrogens with one attached hydrogen (secondary N) is 1. The Hall–Kier alpha value is -1.36. The maximum Gasteiger partial charge on any atom is 0.237 e. The fourth-order valence-corrected chi connectivity index (χ4v) is 1.14. The lowest BCUT2D eigenvalue weighted by atomic mass is 9.99. The molecule has 2 atom stereocenters. The Morgan fingerprint density at radius 3 is 3.00 bits per heavy atom. The molecule has 0 radical (unpaired) electrons. The van der Waals surface area contributed by atoms with Gasteiger partial charge in [0, 0.05) is 6.07 Å². The van der Waals surface area contributed by atoms with Crippen molar-refractivity contribution in [2.24, 2.45) is 11.7 Å². The lowest BCUT2D eigenvalue weighted by Crippen LogP contribution is -2.44. The zero-order valence-corrected chi connectivity index (χ0v) is 9.06. The topological polar surface area (TPSA) is 81.2 Å². The summed E-state index contributed by atoms with van der Waals surface area (Å²) in [6.07, 6.45) is 2.42. The van der Waals surface area contributed by atoms with Crippen LogP contribution in [0.25, 0.3) is 0 Å². The number of nitrogens with zero attached hydrogens (tertiary/aromatic N) is 1. The van der Waals surface area contributed by atoms with Crippen LogP contribution in [0.4, 0.5) is 0 Å². The first-order valence-electron chi connectivity index (χ1n) is 5.08. The van der Waals surface area contributed by atoms with Crippen molar-refractivity contribution < 1.29 is 9.32 Å². The Kier molecular flexibility index (Phi) is 4.30. The molecule has 0 aliphatic heterocycles. The Labute approximate surface area is 89.0 Å². The third kappa shape index (κ3) is 3.36. The van der Waals surface area contributed by atoms with Gasteiger partial charge in [0.2, 0.25) is 5.91 Å². The highest BCUT2D eigenvalue weighted by Gasteiger charge is 2.19. The van der Waals surface area contributed by atoms with Crippen LogP contribution in [0, 0.1) is 5.92 Å². The molecule has 0 aliphatic rings. The maximum atomic E-state index is 11.5. The molecule has 5 nitrogen and oxygen atoms in total. The lowest BCUT2D eigenvalue weighted by molar-refractivity contribution is -0.123. The highest BCUT2D eigenvalue weighted by Crippen LogP contribution is 2.05. The van der Waals surface area contributed by atoms with E-state index in [4.69, 9.17) is 10.3 Å². The zero-order valence-electron chi connectivity index (χ0n) is 9.06. The van der Waals surface area contributed by atoms with Crippen LogP contribution in [-0.2, 0) is 11.3 Å². The number of aromatic nitrogens is 1. The standard InChI is InChI=1S/C10H17N3O2/c1-3-7(2)9(11)10(14)12-6-8-4-5-13-15-8/h4-5,7,9H,3,6,11H2,1-2H3,(H,12,14). The minimum Gasteiger partial charge on any atom is -0.360 e. The summed E-state index contributed by atoms with van der Waals surface area (Å²) in [5, 5.41) is 6.24. The van der Waals surface area contributed by atoms with Gasteiger partial charge in [-0.2, -0.15) is 0 Å². The second-order valence-corrected chi connectivity index (χ2v) is 3.61. The fourth-order valence-electron chi connectivity index (χ4n) is 1.14. The molecule has 84 valence electrons. The van der Waals surface area contributed by atoms with E-state index in [0.717, 1.165) is 6.42 Å². The number of nitrogens with two attached hydrogens (primary N) is 1. The zero-order chi connectivity index (χ0) is 11.3. The van der Waals surface area contributed by atoms with Gasteiger partial charge >= 0.3 is 0 Å². The highest BCUT2D eigenvalue weighted by molar-refractivity contribution is 5.81. The predicted molar refractivity (Wildman–Crippen MR) is 55.8 cm³/mol. The molecule has 5 heteroatoms. The molecule has 0 spiro atoms. The van der Waals surface area contributed by atoms with Crippen molar-refractivity contribution in [1.82, 2.24) is 10.5 Å². The smallest absolute Gasteiger partial charge is 0.237 e. The Morgan fingerprint density at radius 1 is 1.73 bits per heavy atom. The summed E-state index contributed by atoms with van der Waals surface area (Å²) in [4.78, 5) is 11.5. The van der Waals surface area contributed by atoms with Gasteiger partial charge in [-0.25, -0.2) is 0 Å². The molecule has 1 heterocycles. The third-order valence-corrected chi connectivity index (χ3v) is 2.49. The first-order valence-corrected chi connectivity index (χ1v) is 5.08. The molecule has 15 heavy (non-hydrogen) atoms. The molecular formula is C10H17N3O2. The van der Waals surface area contributed by atoms with Crippen molar-refractivity contribution in [2.45, 2.75) is 32.9 Å². The summed E-state index contributed by atoms with van der Waals surface area (Å²) in [6, 6.07) is 1.24. The molecule has 1 rings (SSSR count). The SMILES string of the molecule is CCC(C)C(N)C(=O)NCc1ccno1. The number of carbonyl (C=O) groups is 1. The van der Waals surface area contributed by atoms with Gasteiger partial charge in [-0.05, 0) is 5.92 Å². The van der Waals surface area contributed by atoms with Gasteiger partial charge in [-0.3, -0.25) is 4.79 Å². The number of hydrogen-bond acceptors (Lipinski definition) is 4. The molecule has 0 saturated heterocycles. The Morgan fingerprint density at radius 2 is 2.47 bits per heavy atom. The second kappa shape index (κ2) is 5.50. The third-order valence-electron chi connectivity index (χ3n) is 2.49. The van der Waals surface area contributed by atoms with E-state index in [9.17, 15) is 4.79 Å². The van der Waals surface area contributed by atoms with Crippen LogP contribution in [0.5, 0.6) is 0 Å². The van der Waals surface area contributed by atoms with Crippen LogP contribution in [-0.4, -0.2) is 17.1 Å². The molecular weight excluding hydrogens is 194 g/mol. The van der Waals surface area contributed by atoms with E-state index in [-0.39, 0.29) is 11.8 Å². The molecule has 1 aromatic rings. The monoisotopic (exact) mass is 211 g/mol. The van der Waals surface area contributed by atoms with Crippen molar-refractivity contribution in [3.8, 4) is 0 Å². The first kappa shape index (κ1) is 11.7. The molecule has 1 aromatic heterocycles. The number of rotatable bonds is 5. The van der Waals surface area contributed by atoms with Gasteiger partial charge in [0.05, 0.1) is 18.8 Å². The van der Waals surface area contributed by atoms with Crippen molar-refractivity contribution in [2.75, 3.05) is 0 Å². The van der Waals surface area contributed by atoms with Crippen LogP contribution in [0.3, 0.4) is 0 Å². The highest BCUT2D eigenvalue weighted by atomic mass is 16.5. The van der Waals surface area contributed by atoms with Crippen molar-refractivity contribution >= 4 is 5.91 Å². The van der Waals surface area contributed by atoms with Crippen molar-refractivity contribution in [3.63, 3.8) is 0 Å². The molecule has 2 unspecified atom stereocenters. The summed E-state index contributed by atoms with van der Waals surface area (Å²) in [7, 11) is 0. The van der Waals surface area contributed by atoms with Gasteiger partial charge in [-0.1, -0.05) is 25.4 Å². The molecule has 0 bridgehead atoms. The van der Waals surface area contributed by atoms with Crippen LogP contribution < -0.4 is 11.1 Å². The quantitative estimate of drug-likeness (QED) is 0.749. The van der Waals surface area contributed by atoms with Gasteiger partial charge in [0.25, 0.3) is 0 Å². The largest absolute Gasteiger partial charge is 0.360 e. The maximum absolute atomic E-state index is 11.5. The summed E-state index contributed by atoms with van der Waals surface area (Å²) < 4.78 is 4.84. The normalized spacial score (nSPS) is 14.6. The number of carbonyl (C=O) groups excluding carboxylic acids is 1. The lowest BCUT2D eigenvalue weighted by Gasteiger charge is -2.16. The molecule has 1 amide bonds. The summed E-state index contributed by atoms with van der Waals surface area (Å²) in [5.74, 6) is 0.653. The van der Waals surface area contributed by atoms with E-state index in [1.807, 2.05) is 13.8 Å². The van der Waals surface area contributed by atoms with E-state index in [0.29, 0.717) is 12.3 Å². The van der Waals surface area contributed by atoms with E-state index in [1.54, 1.807) is 6.07 Å². The summed E-state index contributed by atoms with van der Waals surface area (Å²) >= 11 is 0. The Balaban J connectivity index is 2.36. The molecule has 0 aromatic carbocycles. The first-order chi connectivity index (χ1) is 7.15. The van der Waals surface area contributed by atoms with Crippen LogP contribution >= 0.6 is 0 Å². The van der Waals surface area contributed by atoms with E-state index >= 15 is 0 Å². The van der Waals surface area contributed by atoms with Gasteiger partial charge in [0.15, 0.2) is 5.76 Å². The fraction of sp³-hybridized carbons (Fsp3) is 0.600. The summed E-state index contributed by atoms with van der Waals surface area (Å²) in [6.45, 7) is 4.30. The minimum absolute atomic E-state index is 0.152. The van der Waals surface area contributed by atoms with E-state index in [2.05, 4.69) is 10.5 Å². The number of amides is 1. The van der Waals surface area contributed by atoms with Crippen LogP contribution in [0.15, 0.2) is 16.8 Å². The van der Waals surface area contributed by atoms with Crippen molar-refractivity contribution in [3.05, 3.63) is 18.0 Å². The Bertz CT molecular complexity index is 298. The average Bonchev–Trinajstić information content (AvgIpc) is 2.76. The van der Waals surface area contributed by atoms with Crippen LogP contribution in [0.2, 0.25) is 0 Å². The average molecular weight is 211 g/mol. The van der Waals surface area contributed by atoms with Crippen LogP contribution in [0.1, 0.15) is 26.0 Å². The molecule has 0 fully saturated rings. The minimum atomic E-state index is -0.460. The summed E-state index contributed by atoms with van der Waals surface area (Å²) in [5.41, 5.74) is 5.75.